The van der Waals surface area contributed by atoms with Gasteiger partial charge in [0, 0.05) is 48.5 Å². The number of rotatable bonds is 5. The first-order chi connectivity index (χ1) is 15.7. The molecule has 9 nitrogen and oxygen atoms in total. The molecule has 0 saturated carbocycles. The molecule has 4 rings (SSSR count). The number of nitrogens with zero attached hydrogens (tertiary/aromatic N) is 4. The van der Waals surface area contributed by atoms with Crippen molar-refractivity contribution < 1.29 is 27.8 Å². The van der Waals surface area contributed by atoms with Crippen molar-refractivity contribution in [3.05, 3.63) is 54.5 Å². The third-order valence-corrected chi connectivity index (χ3v) is 4.92. The van der Waals surface area contributed by atoms with E-state index in [-0.39, 0.29) is 17.2 Å². The molecule has 1 aliphatic rings. The van der Waals surface area contributed by atoms with Gasteiger partial charge in [0.15, 0.2) is 0 Å². The lowest BCUT2D eigenvalue weighted by molar-refractivity contribution is -0.274. The van der Waals surface area contributed by atoms with E-state index in [1.54, 1.807) is 6.07 Å². The standard InChI is InChI=1S/C21H19F3N6O3/c22-21(23,24)33-16-3-1-14(2-4-16)29-19(32)12-7-17(13-9-27-20(25)28-10-13)18(26-8-12)30-6-5-15(31)11-30/h1-4,7-10,15,31H,5-6,11H2,(H,29,32)(H2,25,27,28)/t15-/m1/s1. The number of halogens is 3. The van der Waals surface area contributed by atoms with Gasteiger partial charge in [0.25, 0.3) is 5.91 Å². The number of hydrogen-bond acceptors (Lipinski definition) is 8. The van der Waals surface area contributed by atoms with E-state index in [1.807, 2.05) is 4.90 Å². The van der Waals surface area contributed by atoms with Gasteiger partial charge in [-0.05, 0) is 36.8 Å². The smallest absolute Gasteiger partial charge is 0.406 e. The molecular weight excluding hydrogens is 441 g/mol. The van der Waals surface area contributed by atoms with Crippen LogP contribution in [0.25, 0.3) is 11.1 Å². The fourth-order valence-corrected chi connectivity index (χ4v) is 3.40. The Kier molecular flexibility index (Phi) is 6.01. The molecule has 1 aliphatic heterocycles. The zero-order chi connectivity index (χ0) is 23.6. The van der Waals surface area contributed by atoms with Crippen LogP contribution in [-0.4, -0.2) is 51.5 Å². The molecule has 0 unspecified atom stereocenters. The van der Waals surface area contributed by atoms with Crippen LogP contribution >= 0.6 is 0 Å². The number of anilines is 3. The van der Waals surface area contributed by atoms with E-state index < -0.39 is 24.1 Å². The average Bonchev–Trinajstić information content (AvgIpc) is 3.20. The minimum Gasteiger partial charge on any atom is -0.406 e. The molecule has 1 fully saturated rings. The van der Waals surface area contributed by atoms with Crippen LogP contribution < -0.4 is 20.7 Å². The number of nitrogens with two attached hydrogens (primary N) is 1. The maximum absolute atomic E-state index is 12.8. The molecule has 0 radical (unpaired) electrons. The molecule has 0 aliphatic carbocycles. The molecule has 12 heteroatoms. The molecule has 3 heterocycles. The average molecular weight is 460 g/mol. The van der Waals surface area contributed by atoms with E-state index in [4.69, 9.17) is 5.73 Å². The quantitative estimate of drug-likeness (QED) is 0.531. The Morgan fingerprint density at radius 3 is 2.45 bits per heavy atom. The lowest BCUT2D eigenvalue weighted by Crippen LogP contribution is -2.23. The maximum atomic E-state index is 12.8. The number of hydrogen-bond donors (Lipinski definition) is 3. The predicted molar refractivity (Wildman–Crippen MR) is 114 cm³/mol. The first-order valence-corrected chi connectivity index (χ1v) is 9.86. The normalized spacial score (nSPS) is 16.0. The molecule has 1 saturated heterocycles. The second-order valence-electron chi connectivity index (χ2n) is 7.34. The number of nitrogen functional groups attached to an aromatic ring is 1. The SMILES string of the molecule is Nc1ncc(-c2cc(C(=O)Nc3ccc(OC(F)(F)F)cc3)cnc2N2CC[C@@H](O)C2)cn1. The fraction of sp³-hybridized carbons (Fsp3) is 0.238. The van der Waals surface area contributed by atoms with Crippen molar-refractivity contribution in [2.45, 2.75) is 18.9 Å². The van der Waals surface area contributed by atoms with E-state index in [0.29, 0.717) is 36.5 Å². The number of alkyl halides is 3. The first-order valence-electron chi connectivity index (χ1n) is 9.86. The number of amides is 1. The van der Waals surface area contributed by atoms with Gasteiger partial charge in [-0.2, -0.15) is 0 Å². The second-order valence-corrected chi connectivity index (χ2v) is 7.34. The lowest BCUT2D eigenvalue weighted by Gasteiger charge is -2.21. The van der Waals surface area contributed by atoms with E-state index in [0.717, 1.165) is 12.1 Å². The summed E-state index contributed by atoms with van der Waals surface area (Å²) in [6.45, 7) is 0.989. The van der Waals surface area contributed by atoms with Gasteiger partial charge in [0.2, 0.25) is 5.95 Å². The summed E-state index contributed by atoms with van der Waals surface area (Å²) in [7, 11) is 0. The number of carbonyl (C=O) groups excluding carboxylic acids is 1. The number of benzene rings is 1. The van der Waals surface area contributed by atoms with Crippen LogP contribution in [0.2, 0.25) is 0 Å². The largest absolute Gasteiger partial charge is 0.573 e. The summed E-state index contributed by atoms with van der Waals surface area (Å²) in [5.41, 5.74) is 7.22. The number of aromatic nitrogens is 3. The lowest BCUT2D eigenvalue weighted by atomic mass is 10.1. The zero-order valence-corrected chi connectivity index (χ0v) is 17.1. The Morgan fingerprint density at radius 1 is 1.15 bits per heavy atom. The van der Waals surface area contributed by atoms with Crippen LogP contribution in [0.5, 0.6) is 5.75 Å². The highest BCUT2D eigenvalue weighted by Crippen LogP contribution is 2.32. The van der Waals surface area contributed by atoms with Gasteiger partial charge in [0.1, 0.15) is 11.6 Å². The third kappa shape index (κ3) is 5.47. The molecule has 4 N–H and O–H groups in total. The van der Waals surface area contributed by atoms with Crippen molar-refractivity contribution in [1.82, 2.24) is 15.0 Å². The number of β-amino-alcohol motifs (C(OH)–C–C–N with tert-alkyl or cyclic N) is 1. The van der Waals surface area contributed by atoms with Crippen molar-refractivity contribution in [1.29, 1.82) is 0 Å². The number of nitrogens with one attached hydrogen (secondary N) is 1. The summed E-state index contributed by atoms with van der Waals surface area (Å²) in [4.78, 5) is 27.1. The van der Waals surface area contributed by atoms with Crippen LogP contribution in [0.4, 0.5) is 30.6 Å². The summed E-state index contributed by atoms with van der Waals surface area (Å²) in [5, 5.41) is 12.5. The van der Waals surface area contributed by atoms with Crippen LogP contribution in [0, 0.1) is 0 Å². The van der Waals surface area contributed by atoms with Crippen molar-refractivity contribution in [3.8, 4) is 16.9 Å². The Bertz CT molecular complexity index is 1140. The van der Waals surface area contributed by atoms with Crippen molar-refractivity contribution in [3.63, 3.8) is 0 Å². The molecule has 33 heavy (non-hydrogen) atoms. The van der Waals surface area contributed by atoms with Gasteiger partial charge >= 0.3 is 6.36 Å². The number of pyridine rings is 1. The molecule has 172 valence electrons. The number of aliphatic hydroxyl groups is 1. The first kappa shape index (κ1) is 22.3. The minimum atomic E-state index is -4.80. The van der Waals surface area contributed by atoms with Gasteiger partial charge in [-0.1, -0.05) is 0 Å². The summed E-state index contributed by atoms with van der Waals surface area (Å²) in [6, 6.07) is 6.39. The minimum absolute atomic E-state index is 0.0942. The molecule has 0 bridgehead atoms. The van der Waals surface area contributed by atoms with E-state index in [2.05, 4.69) is 25.0 Å². The van der Waals surface area contributed by atoms with Crippen LogP contribution in [0.1, 0.15) is 16.8 Å². The number of ether oxygens (including phenoxy) is 1. The summed E-state index contributed by atoms with van der Waals surface area (Å²) in [5.74, 6) is -0.260. The Hall–Kier alpha value is -3.93. The van der Waals surface area contributed by atoms with Gasteiger partial charge < -0.3 is 25.8 Å². The number of aliphatic hydroxyl groups excluding tert-OH is 1. The molecule has 1 amide bonds. The highest BCUT2D eigenvalue weighted by molar-refractivity contribution is 6.05. The van der Waals surface area contributed by atoms with E-state index in [9.17, 15) is 23.1 Å². The fourth-order valence-electron chi connectivity index (χ4n) is 3.40. The Morgan fingerprint density at radius 2 is 1.85 bits per heavy atom. The molecule has 0 spiro atoms. The maximum Gasteiger partial charge on any atom is 0.573 e. The summed E-state index contributed by atoms with van der Waals surface area (Å²) < 4.78 is 40.7. The summed E-state index contributed by atoms with van der Waals surface area (Å²) in [6.07, 6.45) is -0.276. The predicted octanol–water partition coefficient (Wildman–Crippen LogP) is 2.84. The number of carbonyl (C=O) groups is 1. The second kappa shape index (κ2) is 8.90. The van der Waals surface area contributed by atoms with Gasteiger partial charge in [-0.25, -0.2) is 15.0 Å². The summed E-state index contributed by atoms with van der Waals surface area (Å²) >= 11 is 0. The highest BCUT2D eigenvalue weighted by Gasteiger charge is 2.31. The van der Waals surface area contributed by atoms with Crippen LogP contribution in [0.15, 0.2) is 48.9 Å². The monoisotopic (exact) mass is 460 g/mol. The Labute approximate surface area is 186 Å². The van der Waals surface area contributed by atoms with Crippen LogP contribution in [-0.2, 0) is 0 Å². The molecule has 1 aromatic carbocycles. The molecule has 1 atom stereocenters. The third-order valence-electron chi connectivity index (χ3n) is 4.92. The zero-order valence-electron chi connectivity index (χ0n) is 17.1. The van der Waals surface area contributed by atoms with E-state index >= 15 is 0 Å². The van der Waals surface area contributed by atoms with Crippen LogP contribution in [0.3, 0.4) is 0 Å². The van der Waals surface area contributed by atoms with E-state index in [1.165, 1.54) is 30.7 Å². The Balaban J connectivity index is 1.59. The highest BCUT2D eigenvalue weighted by atomic mass is 19.4. The molecule has 2 aromatic heterocycles. The molecule has 3 aromatic rings. The van der Waals surface area contributed by atoms with Gasteiger partial charge in [-0.15, -0.1) is 13.2 Å². The van der Waals surface area contributed by atoms with Crippen molar-refractivity contribution in [2.75, 3.05) is 29.0 Å². The van der Waals surface area contributed by atoms with Gasteiger partial charge in [0.05, 0.1) is 11.7 Å². The molecular formula is C21H19F3N6O3. The topological polar surface area (TPSA) is 126 Å². The van der Waals surface area contributed by atoms with Gasteiger partial charge in [-0.3, -0.25) is 4.79 Å². The van der Waals surface area contributed by atoms with Crippen molar-refractivity contribution >= 4 is 23.4 Å². The van der Waals surface area contributed by atoms with Crippen molar-refractivity contribution in [2.24, 2.45) is 0 Å².